The van der Waals surface area contributed by atoms with Crippen LogP contribution in [-0.4, -0.2) is 38.2 Å². The van der Waals surface area contributed by atoms with E-state index in [-0.39, 0.29) is 16.3 Å². The molecule has 3 rings (SSSR count). The summed E-state index contributed by atoms with van der Waals surface area (Å²) in [7, 11) is 0. The van der Waals surface area contributed by atoms with Gasteiger partial charge >= 0.3 is 5.97 Å². The lowest BCUT2D eigenvalue weighted by molar-refractivity contribution is -0.123. The average molecular weight is 390 g/mol. The molecule has 0 saturated heterocycles. The summed E-state index contributed by atoms with van der Waals surface area (Å²) >= 11 is 5.87. The number of carbonyl (C=O) groups excluding carboxylic acids is 2. The van der Waals surface area contributed by atoms with Crippen LogP contribution in [-0.2, 0) is 9.53 Å². The normalized spacial score (nSPS) is 11.7. The minimum absolute atomic E-state index is 0.0380. The van der Waals surface area contributed by atoms with Gasteiger partial charge in [0.1, 0.15) is 12.1 Å². The molecule has 0 bridgehead atoms. The molecule has 0 saturated carbocycles. The SMILES string of the molecule is C[C@H](OC(=O)c1cccc(-n2cnnn2)c1)C(=O)Nc1ccc(F)cc1Cl. The monoisotopic (exact) mass is 389 g/mol. The van der Waals surface area contributed by atoms with Crippen molar-refractivity contribution in [2.75, 3.05) is 5.32 Å². The van der Waals surface area contributed by atoms with E-state index < -0.39 is 23.8 Å². The molecule has 1 aromatic heterocycles. The molecule has 27 heavy (non-hydrogen) atoms. The van der Waals surface area contributed by atoms with Gasteiger partial charge in [0.15, 0.2) is 6.10 Å². The maximum absolute atomic E-state index is 13.1. The molecule has 0 unspecified atom stereocenters. The van der Waals surface area contributed by atoms with Crippen LogP contribution in [0, 0.1) is 5.82 Å². The van der Waals surface area contributed by atoms with Crippen LogP contribution in [0.2, 0.25) is 5.02 Å². The molecule has 0 fully saturated rings. The summed E-state index contributed by atoms with van der Waals surface area (Å²) in [5.74, 6) is -1.83. The zero-order valence-electron chi connectivity index (χ0n) is 14.0. The Hall–Kier alpha value is -3.33. The van der Waals surface area contributed by atoms with E-state index in [1.165, 1.54) is 36.1 Å². The Bertz CT molecular complexity index is 980. The van der Waals surface area contributed by atoms with Crippen LogP contribution in [0.3, 0.4) is 0 Å². The van der Waals surface area contributed by atoms with E-state index in [0.717, 1.165) is 12.1 Å². The number of anilines is 1. The van der Waals surface area contributed by atoms with Gasteiger partial charge in [0.2, 0.25) is 0 Å². The molecule has 10 heteroatoms. The second kappa shape index (κ2) is 7.92. The van der Waals surface area contributed by atoms with Crippen molar-refractivity contribution >= 4 is 29.2 Å². The Labute approximate surface area is 157 Å². The fraction of sp³-hybridized carbons (Fsp3) is 0.118. The van der Waals surface area contributed by atoms with Gasteiger partial charge in [-0.05, 0) is 53.7 Å². The third kappa shape index (κ3) is 4.45. The van der Waals surface area contributed by atoms with Gasteiger partial charge in [0.25, 0.3) is 5.91 Å². The maximum atomic E-state index is 13.1. The standard InChI is InChI=1S/C17H13ClFN5O3/c1-10(16(25)21-15-6-5-12(19)8-14(15)18)27-17(26)11-3-2-4-13(7-11)24-9-20-22-23-24/h2-10H,1H3,(H,21,25)/t10-/m0/s1. The Kier molecular flexibility index (Phi) is 5.41. The highest BCUT2D eigenvalue weighted by Crippen LogP contribution is 2.22. The Morgan fingerprint density at radius 1 is 1.26 bits per heavy atom. The van der Waals surface area contributed by atoms with Crippen LogP contribution < -0.4 is 5.32 Å². The highest BCUT2D eigenvalue weighted by atomic mass is 35.5. The summed E-state index contributed by atoms with van der Waals surface area (Å²) in [6.07, 6.45) is 0.280. The molecule has 0 aliphatic rings. The van der Waals surface area contributed by atoms with Crippen molar-refractivity contribution in [1.29, 1.82) is 0 Å². The van der Waals surface area contributed by atoms with Crippen molar-refractivity contribution in [2.24, 2.45) is 0 Å². The van der Waals surface area contributed by atoms with Gasteiger partial charge < -0.3 is 10.1 Å². The van der Waals surface area contributed by atoms with Crippen molar-refractivity contribution in [1.82, 2.24) is 20.2 Å². The van der Waals surface area contributed by atoms with Crippen LogP contribution in [0.5, 0.6) is 0 Å². The highest BCUT2D eigenvalue weighted by molar-refractivity contribution is 6.33. The van der Waals surface area contributed by atoms with E-state index in [0.29, 0.717) is 5.69 Å². The Morgan fingerprint density at radius 2 is 2.07 bits per heavy atom. The van der Waals surface area contributed by atoms with E-state index in [1.54, 1.807) is 12.1 Å². The second-order valence-corrected chi connectivity index (χ2v) is 5.87. The van der Waals surface area contributed by atoms with Crippen LogP contribution in [0.1, 0.15) is 17.3 Å². The third-order valence-corrected chi connectivity index (χ3v) is 3.85. The Balaban J connectivity index is 1.66. The lowest BCUT2D eigenvalue weighted by atomic mass is 10.2. The van der Waals surface area contributed by atoms with Gasteiger partial charge in [-0.15, -0.1) is 5.10 Å². The number of rotatable bonds is 5. The van der Waals surface area contributed by atoms with Crippen LogP contribution in [0.15, 0.2) is 48.8 Å². The number of hydrogen-bond donors (Lipinski definition) is 1. The molecule has 138 valence electrons. The lowest BCUT2D eigenvalue weighted by Gasteiger charge is -2.14. The number of amides is 1. The lowest BCUT2D eigenvalue weighted by Crippen LogP contribution is -2.30. The number of tetrazole rings is 1. The number of hydrogen-bond acceptors (Lipinski definition) is 6. The summed E-state index contributed by atoms with van der Waals surface area (Å²) in [4.78, 5) is 24.5. The van der Waals surface area contributed by atoms with Crippen molar-refractivity contribution < 1.29 is 18.7 Å². The molecule has 0 radical (unpaired) electrons. The van der Waals surface area contributed by atoms with E-state index in [9.17, 15) is 14.0 Å². The molecule has 1 atom stereocenters. The number of aromatic nitrogens is 4. The summed E-state index contributed by atoms with van der Waals surface area (Å²) in [5, 5.41) is 13.3. The average Bonchev–Trinajstić information content (AvgIpc) is 3.18. The van der Waals surface area contributed by atoms with Gasteiger partial charge in [0, 0.05) is 0 Å². The number of nitrogens with zero attached hydrogens (tertiary/aromatic N) is 4. The second-order valence-electron chi connectivity index (χ2n) is 5.47. The quantitative estimate of drug-likeness (QED) is 0.673. The molecule has 0 aliphatic heterocycles. The zero-order valence-corrected chi connectivity index (χ0v) is 14.7. The number of benzene rings is 2. The molecular weight excluding hydrogens is 377 g/mol. The summed E-state index contributed by atoms with van der Waals surface area (Å²) in [6, 6.07) is 9.95. The number of ether oxygens (including phenoxy) is 1. The zero-order chi connectivity index (χ0) is 19.4. The van der Waals surface area contributed by atoms with Gasteiger partial charge in [-0.1, -0.05) is 17.7 Å². The first kappa shape index (κ1) is 18.5. The van der Waals surface area contributed by atoms with Crippen LogP contribution in [0.25, 0.3) is 5.69 Å². The van der Waals surface area contributed by atoms with Crippen molar-refractivity contribution in [3.8, 4) is 5.69 Å². The van der Waals surface area contributed by atoms with E-state index in [1.807, 2.05) is 0 Å². The van der Waals surface area contributed by atoms with Crippen molar-refractivity contribution in [3.05, 3.63) is 65.2 Å². The molecule has 3 aromatic rings. The summed E-state index contributed by atoms with van der Waals surface area (Å²) in [5.41, 5.74) is 0.999. The van der Waals surface area contributed by atoms with E-state index >= 15 is 0 Å². The first-order valence-corrected chi connectivity index (χ1v) is 8.12. The van der Waals surface area contributed by atoms with Gasteiger partial charge in [-0.2, -0.15) is 0 Å². The first-order chi connectivity index (χ1) is 12.9. The minimum atomic E-state index is -1.10. The number of nitrogens with one attached hydrogen (secondary N) is 1. The molecule has 1 amide bonds. The smallest absolute Gasteiger partial charge is 0.338 e. The molecule has 8 nitrogen and oxygen atoms in total. The van der Waals surface area contributed by atoms with Gasteiger partial charge in [-0.3, -0.25) is 4.79 Å². The first-order valence-electron chi connectivity index (χ1n) is 7.74. The fourth-order valence-electron chi connectivity index (χ4n) is 2.16. The van der Waals surface area contributed by atoms with Crippen molar-refractivity contribution in [3.63, 3.8) is 0 Å². The van der Waals surface area contributed by atoms with Gasteiger partial charge in [-0.25, -0.2) is 13.9 Å². The third-order valence-electron chi connectivity index (χ3n) is 3.54. The van der Waals surface area contributed by atoms with Gasteiger partial charge in [0.05, 0.1) is 22.0 Å². The predicted octanol–water partition coefficient (Wildman–Crippen LogP) is 2.64. The molecule has 2 aromatic carbocycles. The molecule has 0 spiro atoms. The van der Waals surface area contributed by atoms with Crippen molar-refractivity contribution in [2.45, 2.75) is 13.0 Å². The van der Waals surface area contributed by atoms with Crippen LogP contribution >= 0.6 is 11.6 Å². The maximum Gasteiger partial charge on any atom is 0.338 e. The minimum Gasteiger partial charge on any atom is -0.449 e. The summed E-state index contributed by atoms with van der Waals surface area (Å²) in [6.45, 7) is 1.41. The highest BCUT2D eigenvalue weighted by Gasteiger charge is 2.20. The predicted molar refractivity (Wildman–Crippen MR) is 94.1 cm³/mol. The molecular formula is C17H13ClFN5O3. The fourth-order valence-corrected chi connectivity index (χ4v) is 2.38. The largest absolute Gasteiger partial charge is 0.449 e. The van der Waals surface area contributed by atoms with E-state index in [2.05, 4.69) is 20.8 Å². The van der Waals surface area contributed by atoms with Crippen LogP contribution in [0.4, 0.5) is 10.1 Å². The molecule has 1 N–H and O–H groups in total. The molecule has 0 aliphatic carbocycles. The number of halogens is 2. The Morgan fingerprint density at radius 3 is 2.78 bits per heavy atom. The molecule has 1 heterocycles. The topological polar surface area (TPSA) is 99.0 Å². The van der Waals surface area contributed by atoms with E-state index in [4.69, 9.17) is 16.3 Å². The summed E-state index contributed by atoms with van der Waals surface area (Å²) < 4.78 is 19.6. The number of carbonyl (C=O) groups is 2. The number of esters is 1.